The van der Waals surface area contributed by atoms with Gasteiger partial charge >= 0.3 is 0 Å². The number of halogens is 1. The standard InChI is InChI=1S/C18H22FNO2S/c1-13(2)11-17(15-7-5-4-6-8-15)20-23(21,22)18-10-9-16(19)12-14(18)3/h4-10,12-13,17,20H,11H2,1-3H3/t17-/m1/s1. The SMILES string of the molecule is Cc1cc(F)ccc1S(=O)(=O)N[C@H](CC(C)C)c1ccccc1. The van der Waals surface area contributed by atoms with Crippen molar-refractivity contribution in [2.75, 3.05) is 0 Å². The summed E-state index contributed by atoms with van der Waals surface area (Å²) in [6.45, 7) is 5.69. The van der Waals surface area contributed by atoms with E-state index in [4.69, 9.17) is 0 Å². The largest absolute Gasteiger partial charge is 0.241 e. The van der Waals surface area contributed by atoms with Crippen molar-refractivity contribution in [2.45, 2.75) is 38.1 Å². The summed E-state index contributed by atoms with van der Waals surface area (Å²) in [4.78, 5) is 0.114. The summed E-state index contributed by atoms with van der Waals surface area (Å²) in [6, 6.07) is 12.9. The van der Waals surface area contributed by atoms with Crippen LogP contribution in [0.3, 0.4) is 0 Å². The second-order valence-corrected chi connectivity index (χ2v) is 7.81. The third-order valence-corrected chi connectivity index (χ3v) is 5.26. The van der Waals surface area contributed by atoms with Crippen molar-refractivity contribution >= 4 is 10.0 Å². The minimum absolute atomic E-state index is 0.114. The number of benzene rings is 2. The predicted molar refractivity (Wildman–Crippen MR) is 90.1 cm³/mol. The number of aryl methyl sites for hydroxylation is 1. The zero-order valence-electron chi connectivity index (χ0n) is 13.6. The van der Waals surface area contributed by atoms with E-state index in [0.29, 0.717) is 17.9 Å². The monoisotopic (exact) mass is 335 g/mol. The molecule has 5 heteroatoms. The minimum atomic E-state index is -3.72. The molecule has 1 atom stereocenters. The average molecular weight is 335 g/mol. The van der Waals surface area contributed by atoms with E-state index < -0.39 is 15.8 Å². The molecule has 0 heterocycles. The zero-order chi connectivity index (χ0) is 17.0. The highest BCUT2D eigenvalue weighted by molar-refractivity contribution is 7.89. The molecule has 0 aliphatic rings. The molecule has 0 amide bonds. The molecule has 23 heavy (non-hydrogen) atoms. The first-order valence-electron chi connectivity index (χ1n) is 7.63. The lowest BCUT2D eigenvalue weighted by Crippen LogP contribution is -2.30. The van der Waals surface area contributed by atoms with Crippen LogP contribution >= 0.6 is 0 Å². The first-order chi connectivity index (χ1) is 10.8. The Morgan fingerprint density at radius 3 is 2.30 bits per heavy atom. The van der Waals surface area contributed by atoms with Crippen LogP contribution < -0.4 is 4.72 Å². The Labute approximate surface area is 137 Å². The first-order valence-corrected chi connectivity index (χ1v) is 9.11. The van der Waals surface area contributed by atoms with Gasteiger partial charge in [-0.15, -0.1) is 0 Å². The molecule has 0 saturated heterocycles. The molecular formula is C18H22FNO2S. The lowest BCUT2D eigenvalue weighted by molar-refractivity contribution is 0.472. The number of nitrogens with one attached hydrogen (secondary N) is 1. The van der Waals surface area contributed by atoms with Crippen LogP contribution in [0, 0.1) is 18.7 Å². The van der Waals surface area contributed by atoms with Crippen LogP contribution in [-0.4, -0.2) is 8.42 Å². The Balaban J connectivity index is 2.34. The van der Waals surface area contributed by atoms with Crippen molar-refractivity contribution in [3.05, 3.63) is 65.5 Å². The lowest BCUT2D eigenvalue weighted by atomic mass is 9.98. The molecular weight excluding hydrogens is 313 g/mol. The topological polar surface area (TPSA) is 46.2 Å². The highest BCUT2D eigenvalue weighted by atomic mass is 32.2. The summed E-state index contributed by atoms with van der Waals surface area (Å²) >= 11 is 0. The molecule has 0 unspecified atom stereocenters. The fraction of sp³-hybridized carbons (Fsp3) is 0.333. The van der Waals surface area contributed by atoms with Crippen molar-refractivity contribution in [1.29, 1.82) is 0 Å². The fourth-order valence-corrected chi connectivity index (χ4v) is 4.04. The third-order valence-electron chi connectivity index (χ3n) is 3.63. The van der Waals surface area contributed by atoms with E-state index in [-0.39, 0.29) is 10.9 Å². The number of sulfonamides is 1. The maximum Gasteiger partial charge on any atom is 0.241 e. The van der Waals surface area contributed by atoms with Gasteiger partial charge in [0.05, 0.1) is 4.90 Å². The van der Waals surface area contributed by atoms with Crippen molar-refractivity contribution in [1.82, 2.24) is 4.72 Å². The molecule has 0 aliphatic heterocycles. The summed E-state index contributed by atoms with van der Waals surface area (Å²) in [5.41, 5.74) is 1.32. The van der Waals surface area contributed by atoms with Gasteiger partial charge in [0.1, 0.15) is 5.82 Å². The van der Waals surface area contributed by atoms with E-state index in [2.05, 4.69) is 4.72 Å². The number of hydrogen-bond acceptors (Lipinski definition) is 2. The molecule has 1 N–H and O–H groups in total. The van der Waals surface area contributed by atoms with Gasteiger partial charge in [-0.2, -0.15) is 0 Å². The van der Waals surface area contributed by atoms with Gasteiger partial charge in [0, 0.05) is 6.04 Å². The molecule has 0 saturated carbocycles. The van der Waals surface area contributed by atoms with Gasteiger partial charge in [-0.05, 0) is 48.6 Å². The van der Waals surface area contributed by atoms with E-state index in [1.165, 1.54) is 18.2 Å². The van der Waals surface area contributed by atoms with Crippen molar-refractivity contribution < 1.29 is 12.8 Å². The maximum absolute atomic E-state index is 13.2. The third kappa shape index (κ3) is 4.62. The van der Waals surface area contributed by atoms with E-state index in [0.717, 1.165) is 5.56 Å². The van der Waals surface area contributed by atoms with Gasteiger partial charge in [0.2, 0.25) is 10.0 Å². The normalized spacial score (nSPS) is 13.3. The Bertz CT molecular complexity index is 758. The van der Waals surface area contributed by atoms with E-state index in [9.17, 15) is 12.8 Å². The van der Waals surface area contributed by atoms with Crippen LogP contribution in [-0.2, 0) is 10.0 Å². The van der Waals surface area contributed by atoms with Gasteiger partial charge in [-0.25, -0.2) is 17.5 Å². The number of rotatable bonds is 6. The van der Waals surface area contributed by atoms with E-state index >= 15 is 0 Å². The van der Waals surface area contributed by atoms with Crippen molar-refractivity contribution in [3.63, 3.8) is 0 Å². The zero-order valence-corrected chi connectivity index (χ0v) is 14.4. The molecule has 0 bridgehead atoms. The summed E-state index contributed by atoms with van der Waals surface area (Å²) in [6.07, 6.45) is 0.684. The molecule has 2 rings (SSSR count). The molecule has 0 spiro atoms. The second kappa shape index (κ2) is 7.23. The summed E-state index contributed by atoms with van der Waals surface area (Å²) in [7, 11) is -3.72. The smallest absolute Gasteiger partial charge is 0.207 e. The van der Waals surface area contributed by atoms with Crippen molar-refractivity contribution in [3.8, 4) is 0 Å². The van der Waals surface area contributed by atoms with Gasteiger partial charge < -0.3 is 0 Å². The quantitative estimate of drug-likeness (QED) is 0.860. The molecule has 0 aliphatic carbocycles. The predicted octanol–water partition coefficient (Wildman–Crippen LogP) is 4.20. The van der Waals surface area contributed by atoms with Crippen LogP contribution in [0.15, 0.2) is 53.4 Å². The molecule has 3 nitrogen and oxygen atoms in total. The van der Waals surface area contributed by atoms with E-state index in [1.807, 2.05) is 44.2 Å². The minimum Gasteiger partial charge on any atom is -0.207 e. The Kier molecular flexibility index (Phi) is 5.55. The fourth-order valence-electron chi connectivity index (χ4n) is 2.57. The van der Waals surface area contributed by atoms with Crippen LogP contribution in [0.2, 0.25) is 0 Å². The molecule has 0 radical (unpaired) electrons. The average Bonchev–Trinajstić information content (AvgIpc) is 2.46. The number of hydrogen-bond donors (Lipinski definition) is 1. The molecule has 0 fully saturated rings. The van der Waals surface area contributed by atoms with Crippen LogP contribution in [0.1, 0.15) is 37.4 Å². The van der Waals surface area contributed by atoms with Gasteiger partial charge in [0.25, 0.3) is 0 Å². The van der Waals surface area contributed by atoms with Crippen LogP contribution in [0.5, 0.6) is 0 Å². The molecule has 0 aromatic heterocycles. The van der Waals surface area contributed by atoms with Crippen molar-refractivity contribution in [2.24, 2.45) is 5.92 Å². The Morgan fingerprint density at radius 1 is 1.09 bits per heavy atom. The second-order valence-electron chi connectivity index (χ2n) is 6.12. The lowest BCUT2D eigenvalue weighted by Gasteiger charge is -2.21. The summed E-state index contributed by atoms with van der Waals surface area (Å²) in [5.74, 6) is -0.111. The molecule has 124 valence electrons. The highest BCUT2D eigenvalue weighted by Gasteiger charge is 2.23. The first kappa shape index (κ1) is 17.6. The summed E-state index contributed by atoms with van der Waals surface area (Å²) < 4.78 is 41.4. The summed E-state index contributed by atoms with van der Waals surface area (Å²) in [5, 5.41) is 0. The van der Waals surface area contributed by atoms with Crippen LogP contribution in [0.4, 0.5) is 4.39 Å². The molecule has 2 aromatic carbocycles. The van der Waals surface area contributed by atoms with Gasteiger partial charge in [-0.3, -0.25) is 0 Å². The van der Waals surface area contributed by atoms with E-state index in [1.54, 1.807) is 6.92 Å². The maximum atomic E-state index is 13.2. The van der Waals surface area contributed by atoms with Gasteiger partial charge in [0.15, 0.2) is 0 Å². The van der Waals surface area contributed by atoms with Gasteiger partial charge in [-0.1, -0.05) is 44.2 Å². The Hall–Kier alpha value is -1.72. The van der Waals surface area contributed by atoms with Crippen LogP contribution in [0.25, 0.3) is 0 Å². The Morgan fingerprint density at radius 2 is 1.74 bits per heavy atom. The highest BCUT2D eigenvalue weighted by Crippen LogP contribution is 2.25. The molecule has 2 aromatic rings.